The van der Waals surface area contributed by atoms with E-state index in [0.29, 0.717) is 18.5 Å². The van der Waals surface area contributed by atoms with Gasteiger partial charge in [0.05, 0.1) is 6.10 Å². The molecular weight excluding hydrogens is 218 g/mol. The third-order valence-corrected chi connectivity index (χ3v) is 4.16. The minimum Gasteiger partial charge on any atom is -0.392 e. The first-order valence-electron chi connectivity index (χ1n) is 6.13. The van der Waals surface area contributed by atoms with Gasteiger partial charge < -0.3 is 10.4 Å². The summed E-state index contributed by atoms with van der Waals surface area (Å²) in [6, 6.07) is 4.62. The van der Waals surface area contributed by atoms with Crippen molar-refractivity contribution < 1.29 is 5.11 Å². The third kappa shape index (κ3) is 3.89. The first kappa shape index (κ1) is 13.7. The Morgan fingerprint density at radius 2 is 2.12 bits per heavy atom. The van der Waals surface area contributed by atoms with Crippen molar-refractivity contribution in [2.45, 2.75) is 45.8 Å². The Morgan fingerprint density at radius 1 is 1.38 bits per heavy atom. The van der Waals surface area contributed by atoms with Gasteiger partial charge in [0, 0.05) is 17.5 Å². The highest BCUT2D eigenvalue weighted by molar-refractivity contribution is 7.10. The van der Waals surface area contributed by atoms with E-state index in [4.69, 9.17) is 0 Å². The van der Waals surface area contributed by atoms with Crippen LogP contribution in [0.3, 0.4) is 0 Å². The predicted octanol–water partition coefficient (Wildman–Crippen LogP) is 3.20. The summed E-state index contributed by atoms with van der Waals surface area (Å²) in [4.78, 5) is 1.36. The van der Waals surface area contributed by atoms with E-state index < -0.39 is 0 Å². The fourth-order valence-electron chi connectivity index (χ4n) is 1.67. The lowest BCUT2D eigenvalue weighted by molar-refractivity contribution is 0.109. The highest BCUT2D eigenvalue weighted by Crippen LogP contribution is 2.21. The summed E-state index contributed by atoms with van der Waals surface area (Å²) in [6.45, 7) is 7.07. The van der Waals surface area contributed by atoms with Crippen molar-refractivity contribution >= 4 is 11.3 Å². The van der Waals surface area contributed by atoms with Crippen LogP contribution in [-0.4, -0.2) is 17.8 Å². The van der Waals surface area contributed by atoms with Crippen LogP contribution in [0.1, 0.15) is 44.5 Å². The lowest BCUT2D eigenvalue weighted by atomic mass is 10.0. The Kier molecular flexibility index (Phi) is 6.03. The van der Waals surface area contributed by atoms with E-state index in [9.17, 15) is 5.11 Å². The Bertz CT molecular complexity index is 273. The second kappa shape index (κ2) is 7.05. The van der Waals surface area contributed by atoms with Crippen molar-refractivity contribution in [3.05, 3.63) is 22.4 Å². The molecule has 3 heteroatoms. The Balaban J connectivity index is 2.40. The molecule has 1 heterocycles. The number of hydrogen-bond acceptors (Lipinski definition) is 3. The van der Waals surface area contributed by atoms with E-state index >= 15 is 0 Å². The first-order valence-corrected chi connectivity index (χ1v) is 7.01. The second-order valence-electron chi connectivity index (χ2n) is 4.34. The molecule has 1 aromatic rings. The smallest absolute Gasteiger partial charge is 0.0690 e. The van der Waals surface area contributed by atoms with Gasteiger partial charge in [0.15, 0.2) is 0 Å². The lowest BCUT2D eigenvalue weighted by Crippen LogP contribution is -2.33. The lowest BCUT2D eigenvalue weighted by Gasteiger charge is -2.21. The molecule has 0 bridgehead atoms. The van der Waals surface area contributed by atoms with E-state index in [2.05, 4.69) is 43.6 Å². The second-order valence-corrected chi connectivity index (χ2v) is 5.32. The summed E-state index contributed by atoms with van der Waals surface area (Å²) in [5, 5.41) is 15.4. The number of rotatable bonds is 7. The molecule has 0 aliphatic carbocycles. The molecule has 0 fully saturated rings. The molecule has 1 aromatic heterocycles. The van der Waals surface area contributed by atoms with Crippen LogP contribution in [0.5, 0.6) is 0 Å². The molecule has 0 amide bonds. The molecule has 0 aromatic carbocycles. The SMILES string of the molecule is CCC(NCC(O)C(C)CC)c1cccs1. The normalized spacial score (nSPS) is 17.0. The molecule has 1 rings (SSSR count). The van der Waals surface area contributed by atoms with Gasteiger partial charge in [-0.2, -0.15) is 0 Å². The molecule has 0 spiro atoms. The Hall–Kier alpha value is -0.380. The molecule has 0 aliphatic heterocycles. The van der Waals surface area contributed by atoms with Crippen molar-refractivity contribution in [1.29, 1.82) is 0 Å². The van der Waals surface area contributed by atoms with Gasteiger partial charge in [-0.1, -0.05) is 33.3 Å². The largest absolute Gasteiger partial charge is 0.392 e. The minimum absolute atomic E-state index is 0.237. The van der Waals surface area contributed by atoms with Crippen molar-refractivity contribution in [2.24, 2.45) is 5.92 Å². The number of thiophene rings is 1. The molecule has 3 atom stereocenters. The molecule has 0 saturated carbocycles. The van der Waals surface area contributed by atoms with Crippen molar-refractivity contribution in [2.75, 3.05) is 6.54 Å². The highest BCUT2D eigenvalue weighted by atomic mass is 32.1. The summed E-state index contributed by atoms with van der Waals surface area (Å²) in [5.41, 5.74) is 0. The van der Waals surface area contributed by atoms with E-state index in [0.717, 1.165) is 12.8 Å². The molecule has 0 radical (unpaired) electrons. The Morgan fingerprint density at radius 3 is 2.62 bits per heavy atom. The van der Waals surface area contributed by atoms with Crippen LogP contribution in [0.4, 0.5) is 0 Å². The zero-order valence-electron chi connectivity index (χ0n) is 10.4. The molecule has 2 N–H and O–H groups in total. The quantitative estimate of drug-likeness (QED) is 0.768. The van der Waals surface area contributed by atoms with Crippen LogP contribution >= 0.6 is 11.3 Å². The number of aliphatic hydroxyl groups is 1. The summed E-state index contributed by atoms with van der Waals surface area (Å²) in [7, 11) is 0. The van der Waals surface area contributed by atoms with Gasteiger partial charge in [-0.25, -0.2) is 0 Å². The minimum atomic E-state index is -0.237. The molecule has 0 aliphatic rings. The number of hydrogen-bond donors (Lipinski definition) is 2. The molecular formula is C13H23NOS. The molecule has 3 unspecified atom stereocenters. The van der Waals surface area contributed by atoms with Gasteiger partial charge in [-0.05, 0) is 23.8 Å². The summed E-state index contributed by atoms with van der Waals surface area (Å²) < 4.78 is 0. The summed E-state index contributed by atoms with van der Waals surface area (Å²) in [6.07, 6.45) is 1.85. The maximum absolute atomic E-state index is 9.90. The van der Waals surface area contributed by atoms with Crippen LogP contribution in [0.2, 0.25) is 0 Å². The van der Waals surface area contributed by atoms with Crippen molar-refractivity contribution in [3.8, 4) is 0 Å². The average Bonchev–Trinajstić information content (AvgIpc) is 2.82. The van der Waals surface area contributed by atoms with Crippen LogP contribution in [-0.2, 0) is 0 Å². The highest BCUT2D eigenvalue weighted by Gasteiger charge is 2.15. The van der Waals surface area contributed by atoms with E-state index in [1.807, 2.05) is 0 Å². The van der Waals surface area contributed by atoms with Crippen LogP contribution in [0, 0.1) is 5.92 Å². The number of nitrogens with one attached hydrogen (secondary N) is 1. The Labute approximate surface area is 103 Å². The van der Waals surface area contributed by atoms with Gasteiger partial charge in [0.1, 0.15) is 0 Å². The maximum Gasteiger partial charge on any atom is 0.0690 e. The zero-order chi connectivity index (χ0) is 12.0. The van der Waals surface area contributed by atoms with Gasteiger partial charge in [-0.15, -0.1) is 11.3 Å². The average molecular weight is 241 g/mol. The third-order valence-electron chi connectivity index (χ3n) is 3.17. The molecule has 16 heavy (non-hydrogen) atoms. The molecule has 0 saturated heterocycles. The summed E-state index contributed by atoms with van der Waals surface area (Å²) >= 11 is 1.78. The monoisotopic (exact) mass is 241 g/mol. The van der Waals surface area contributed by atoms with Gasteiger partial charge in [0.25, 0.3) is 0 Å². The van der Waals surface area contributed by atoms with E-state index in [-0.39, 0.29) is 6.10 Å². The van der Waals surface area contributed by atoms with Gasteiger partial charge in [-0.3, -0.25) is 0 Å². The molecule has 92 valence electrons. The topological polar surface area (TPSA) is 32.3 Å². The fraction of sp³-hybridized carbons (Fsp3) is 0.692. The van der Waals surface area contributed by atoms with E-state index in [1.54, 1.807) is 11.3 Å². The zero-order valence-corrected chi connectivity index (χ0v) is 11.3. The molecule has 2 nitrogen and oxygen atoms in total. The maximum atomic E-state index is 9.90. The van der Waals surface area contributed by atoms with Crippen molar-refractivity contribution in [1.82, 2.24) is 5.32 Å². The first-order chi connectivity index (χ1) is 7.69. The number of aliphatic hydroxyl groups excluding tert-OH is 1. The fourth-order valence-corrected chi connectivity index (χ4v) is 2.56. The van der Waals surface area contributed by atoms with Gasteiger partial charge >= 0.3 is 0 Å². The standard InChI is InChI=1S/C13H23NOS/c1-4-10(3)12(15)9-14-11(5-2)13-7-6-8-16-13/h6-8,10-12,14-15H,4-5,9H2,1-3H3. The van der Waals surface area contributed by atoms with Crippen LogP contribution in [0.15, 0.2) is 17.5 Å². The summed E-state index contributed by atoms with van der Waals surface area (Å²) in [5.74, 6) is 0.369. The predicted molar refractivity (Wildman–Crippen MR) is 70.8 cm³/mol. The van der Waals surface area contributed by atoms with Crippen LogP contribution < -0.4 is 5.32 Å². The van der Waals surface area contributed by atoms with Crippen LogP contribution in [0.25, 0.3) is 0 Å². The van der Waals surface area contributed by atoms with E-state index in [1.165, 1.54) is 4.88 Å². The van der Waals surface area contributed by atoms with Gasteiger partial charge in [0.2, 0.25) is 0 Å². The van der Waals surface area contributed by atoms with Crippen molar-refractivity contribution in [3.63, 3.8) is 0 Å².